The van der Waals surface area contributed by atoms with Crippen molar-refractivity contribution >= 4 is 28.1 Å². The van der Waals surface area contributed by atoms with Crippen molar-refractivity contribution in [2.45, 2.75) is 6.54 Å². The van der Waals surface area contributed by atoms with Gasteiger partial charge in [-0.1, -0.05) is 22.9 Å². The van der Waals surface area contributed by atoms with Crippen LogP contribution >= 0.6 is 22.9 Å². The maximum Gasteiger partial charge on any atom is 0.185 e. The van der Waals surface area contributed by atoms with E-state index in [0.717, 1.165) is 5.69 Å². The second-order valence-electron chi connectivity index (χ2n) is 2.58. The lowest BCUT2D eigenvalue weighted by atomic mass is 10.5. The summed E-state index contributed by atoms with van der Waals surface area (Å²) in [5.74, 6) is 0. The highest BCUT2D eigenvalue weighted by Gasteiger charge is 2.08. The average molecular weight is 241 g/mol. The molecule has 76 valence electrons. The highest BCUT2D eigenvalue weighted by atomic mass is 35.5. The molecule has 0 saturated heterocycles. The highest BCUT2D eigenvalue weighted by molar-refractivity contribution is 7.16. The van der Waals surface area contributed by atoms with E-state index in [-0.39, 0.29) is 5.15 Å². The summed E-state index contributed by atoms with van der Waals surface area (Å²) in [6.45, 7) is 0.491. The summed E-state index contributed by atoms with van der Waals surface area (Å²) < 4.78 is 4.81. The fourth-order valence-electron chi connectivity index (χ4n) is 0.937. The van der Waals surface area contributed by atoms with Gasteiger partial charge in [-0.2, -0.15) is 5.26 Å². The lowest BCUT2D eigenvalue weighted by Gasteiger charge is -1.96. The highest BCUT2D eigenvalue weighted by Crippen LogP contribution is 2.25. The Hall–Kier alpha value is -1.58. The fourth-order valence-corrected chi connectivity index (χ4v) is 1.88. The van der Waals surface area contributed by atoms with Crippen molar-refractivity contribution < 1.29 is 4.42 Å². The second-order valence-corrected chi connectivity index (χ2v) is 3.94. The Balaban J connectivity index is 2.03. The van der Waals surface area contributed by atoms with E-state index in [1.165, 1.54) is 24.0 Å². The first-order chi connectivity index (χ1) is 7.29. The number of nitrogens with zero attached hydrogens (tertiary/aromatic N) is 3. The minimum absolute atomic E-state index is 0.227. The zero-order valence-electron chi connectivity index (χ0n) is 7.40. The molecule has 0 bridgehead atoms. The zero-order valence-corrected chi connectivity index (χ0v) is 8.97. The third-order valence-electron chi connectivity index (χ3n) is 1.59. The summed E-state index contributed by atoms with van der Waals surface area (Å²) in [7, 11) is 0. The van der Waals surface area contributed by atoms with Crippen LogP contribution < -0.4 is 5.32 Å². The van der Waals surface area contributed by atoms with Crippen molar-refractivity contribution in [3.63, 3.8) is 0 Å². The molecule has 0 fully saturated rings. The monoisotopic (exact) mass is 240 g/mol. The van der Waals surface area contributed by atoms with Crippen molar-refractivity contribution in [1.29, 1.82) is 5.26 Å². The van der Waals surface area contributed by atoms with Gasteiger partial charge < -0.3 is 9.73 Å². The van der Waals surface area contributed by atoms with Crippen molar-refractivity contribution in [2.75, 3.05) is 5.32 Å². The molecule has 0 aliphatic carbocycles. The van der Waals surface area contributed by atoms with Crippen LogP contribution in [-0.4, -0.2) is 9.97 Å². The van der Waals surface area contributed by atoms with Crippen molar-refractivity contribution in [3.05, 3.63) is 28.4 Å². The SMILES string of the molecule is N#Cc1sc(NCc2cocn2)nc1Cl. The van der Waals surface area contributed by atoms with Crippen LogP contribution in [-0.2, 0) is 6.54 Å². The van der Waals surface area contributed by atoms with E-state index < -0.39 is 0 Å². The van der Waals surface area contributed by atoms with Gasteiger partial charge in [0.05, 0.1) is 12.2 Å². The molecule has 0 atom stereocenters. The summed E-state index contributed by atoms with van der Waals surface area (Å²) in [5, 5.41) is 12.5. The van der Waals surface area contributed by atoms with Crippen LogP contribution in [0.3, 0.4) is 0 Å². The smallest absolute Gasteiger partial charge is 0.185 e. The lowest BCUT2D eigenvalue weighted by Crippen LogP contribution is -1.98. The van der Waals surface area contributed by atoms with Crippen LogP contribution in [0.2, 0.25) is 5.15 Å². The van der Waals surface area contributed by atoms with Crippen LogP contribution in [0.1, 0.15) is 10.6 Å². The van der Waals surface area contributed by atoms with Gasteiger partial charge in [0, 0.05) is 0 Å². The molecule has 2 aromatic rings. The first-order valence-electron chi connectivity index (χ1n) is 3.97. The van der Waals surface area contributed by atoms with Crippen LogP contribution in [0.15, 0.2) is 17.1 Å². The van der Waals surface area contributed by atoms with Gasteiger partial charge in [-0.15, -0.1) is 0 Å². The molecule has 2 aromatic heterocycles. The lowest BCUT2D eigenvalue weighted by molar-refractivity contribution is 0.556. The third kappa shape index (κ3) is 2.26. The summed E-state index contributed by atoms with van der Waals surface area (Å²) in [6.07, 6.45) is 2.89. The molecule has 0 radical (unpaired) electrons. The van der Waals surface area contributed by atoms with E-state index in [0.29, 0.717) is 16.6 Å². The van der Waals surface area contributed by atoms with Crippen LogP contribution in [0.4, 0.5) is 5.13 Å². The first kappa shape index (κ1) is 9.96. The van der Waals surface area contributed by atoms with Crippen molar-refractivity contribution in [2.24, 2.45) is 0 Å². The van der Waals surface area contributed by atoms with E-state index in [1.54, 1.807) is 0 Å². The number of aromatic nitrogens is 2. The van der Waals surface area contributed by atoms with Gasteiger partial charge in [0.15, 0.2) is 16.7 Å². The predicted octanol–water partition coefficient (Wildman–Crippen LogP) is 2.27. The molecule has 0 unspecified atom stereocenters. The van der Waals surface area contributed by atoms with Gasteiger partial charge in [0.1, 0.15) is 17.2 Å². The molecule has 2 rings (SSSR count). The number of thiazole rings is 1. The van der Waals surface area contributed by atoms with E-state index >= 15 is 0 Å². The number of hydrogen-bond donors (Lipinski definition) is 1. The Morgan fingerprint density at radius 2 is 2.53 bits per heavy atom. The average Bonchev–Trinajstić information content (AvgIpc) is 2.83. The molecule has 0 spiro atoms. The zero-order chi connectivity index (χ0) is 10.7. The Bertz CT molecular complexity index is 487. The molecule has 7 heteroatoms. The van der Waals surface area contributed by atoms with Crippen LogP contribution in [0.5, 0.6) is 0 Å². The molecular formula is C8H5ClN4OS. The molecule has 0 amide bonds. The molecule has 1 N–H and O–H groups in total. The van der Waals surface area contributed by atoms with Gasteiger partial charge in [-0.25, -0.2) is 9.97 Å². The minimum Gasteiger partial charge on any atom is -0.451 e. The first-order valence-corrected chi connectivity index (χ1v) is 5.16. The van der Waals surface area contributed by atoms with E-state index in [4.69, 9.17) is 21.3 Å². The van der Waals surface area contributed by atoms with Crippen LogP contribution in [0.25, 0.3) is 0 Å². The van der Waals surface area contributed by atoms with Gasteiger partial charge in [-0.05, 0) is 0 Å². The molecule has 0 aliphatic rings. The second kappa shape index (κ2) is 4.29. The minimum atomic E-state index is 0.227. The predicted molar refractivity (Wildman–Crippen MR) is 55.7 cm³/mol. The van der Waals surface area contributed by atoms with Crippen molar-refractivity contribution in [1.82, 2.24) is 9.97 Å². The Kier molecular flexibility index (Phi) is 2.85. The molecule has 15 heavy (non-hydrogen) atoms. The molecule has 0 saturated carbocycles. The number of hydrogen-bond acceptors (Lipinski definition) is 6. The van der Waals surface area contributed by atoms with Gasteiger partial charge in [-0.3, -0.25) is 0 Å². The Labute approximate surface area is 94.3 Å². The quantitative estimate of drug-likeness (QED) is 0.891. The Morgan fingerprint density at radius 3 is 3.13 bits per heavy atom. The number of nitrogens with one attached hydrogen (secondary N) is 1. The van der Waals surface area contributed by atoms with E-state index in [2.05, 4.69) is 15.3 Å². The topological polar surface area (TPSA) is 74.7 Å². The number of halogens is 1. The van der Waals surface area contributed by atoms with E-state index in [1.807, 2.05) is 6.07 Å². The standard InChI is InChI=1S/C8H5ClN4OS/c9-7-6(1-10)15-8(13-7)11-2-5-3-14-4-12-5/h3-4H,2H2,(H,11,13). The maximum atomic E-state index is 8.66. The maximum absolute atomic E-state index is 8.66. The summed E-state index contributed by atoms with van der Waals surface area (Å²) in [5.41, 5.74) is 0.764. The molecule has 5 nitrogen and oxygen atoms in total. The normalized spacial score (nSPS) is 9.87. The molecular weight excluding hydrogens is 236 g/mol. The number of nitriles is 1. The van der Waals surface area contributed by atoms with Gasteiger partial charge >= 0.3 is 0 Å². The molecule has 2 heterocycles. The summed E-state index contributed by atoms with van der Waals surface area (Å²) >= 11 is 6.92. The number of anilines is 1. The Morgan fingerprint density at radius 1 is 1.67 bits per heavy atom. The van der Waals surface area contributed by atoms with Gasteiger partial charge in [0.2, 0.25) is 0 Å². The number of oxazole rings is 1. The number of rotatable bonds is 3. The van der Waals surface area contributed by atoms with Gasteiger partial charge in [0.25, 0.3) is 0 Å². The third-order valence-corrected chi connectivity index (χ3v) is 2.89. The van der Waals surface area contributed by atoms with Crippen LogP contribution in [0, 0.1) is 11.3 Å². The van der Waals surface area contributed by atoms with Crippen molar-refractivity contribution in [3.8, 4) is 6.07 Å². The molecule has 0 aliphatic heterocycles. The summed E-state index contributed by atoms with van der Waals surface area (Å²) in [6, 6.07) is 1.96. The van der Waals surface area contributed by atoms with E-state index in [9.17, 15) is 0 Å². The largest absolute Gasteiger partial charge is 0.451 e. The fraction of sp³-hybridized carbons (Fsp3) is 0.125. The molecule has 0 aromatic carbocycles. The summed E-state index contributed by atoms with van der Waals surface area (Å²) in [4.78, 5) is 8.31.